The maximum atomic E-state index is 13.4. The fourth-order valence-electron chi connectivity index (χ4n) is 1.36. The first kappa shape index (κ1) is 14.2. The molecule has 1 amide bonds. The number of thioether (sulfide) groups is 1. The number of benzene rings is 1. The average Bonchev–Trinajstić information content (AvgIpc) is 2.41. The highest BCUT2D eigenvalue weighted by molar-refractivity contribution is 8.00. The number of carbonyl (C=O) groups is 1. The zero-order valence-corrected chi connectivity index (χ0v) is 11.4. The minimum absolute atomic E-state index is 0.0872. The number of hydrogen-bond donors (Lipinski definition) is 2. The summed E-state index contributed by atoms with van der Waals surface area (Å²) in [5.41, 5.74) is 5.57. The lowest BCUT2D eigenvalue weighted by atomic mass is 10.3. The van der Waals surface area contributed by atoms with Crippen molar-refractivity contribution in [3.63, 3.8) is 0 Å². The fourth-order valence-corrected chi connectivity index (χ4v) is 2.09. The number of amides is 1. The van der Waals surface area contributed by atoms with Crippen LogP contribution in [0.2, 0.25) is 0 Å². The number of anilines is 2. The summed E-state index contributed by atoms with van der Waals surface area (Å²) < 4.78 is 13.4. The van der Waals surface area contributed by atoms with Crippen LogP contribution in [0.15, 0.2) is 35.7 Å². The van der Waals surface area contributed by atoms with Crippen LogP contribution in [0.4, 0.5) is 16.0 Å². The predicted molar refractivity (Wildman–Crippen MR) is 74.6 cm³/mol. The molecule has 2 rings (SSSR count). The van der Waals surface area contributed by atoms with Crippen LogP contribution >= 0.6 is 11.8 Å². The van der Waals surface area contributed by atoms with Gasteiger partial charge in [0.25, 0.3) is 0 Å². The number of halogens is 1. The first-order valence-corrected chi connectivity index (χ1v) is 6.61. The lowest BCUT2D eigenvalue weighted by Crippen LogP contribution is -2.23. The Hall–Kier alpha value is -2.22. The Labute approximate surface area is 119 Å². The predicted octanol–water partition coefficient (Wildman–Crippen LogP) is 1.71. The van der Waals surface area contributed by atoms with E-state index >= 15 is 0 Å². The van der Waals surface area contributed by atoms with Gasteiger partial charge in [-0.25, -0.2) is 14.4 Å². The van der Waals surface area contributed by atoms with Gasteiger partial charge in [-0.1, -0.05) is 23.9 Å². The van der Waals surface area contributed by atoms with Gasteiger partial charge in [-0.3, -0.25) is 4.79 Å². The quantitative estimate of drug-likeness (QED) is 0.833. The van der Waals surface area contributed by atoms with Crippen LogP contribution in [0.3, 0.4) is 0 Å². The second-order valence-electron chi connectivity index (χ2n) is 3.86. The maximum absolute atomic E-state index is 13.4. The van der Waals surface area contributed by atoms with Crippen LogP contribution in [0.5, 0.6) is 0 Å². The summed E-state index contributed by atoms with van der Waals surface area (Å²) in [5, 5.41) is 2.35. The van der Waals surface area contributed by atoms with Crippen molar-refractivity contribution in [2.45, 2.75) is 17.3 Å². The van der Waals surface area contributed by atoms with Crippen molar-refractivity contribution in [2.75, 3.05) is 11.1 Å². The van der Waals surface area contributed by atoms with Gasteiger partial charge in [0.1, 0.15) is 12.1 Å². The Balaban J connectivity index is 2.01. The molecule has 2 aromatic rings. The van der Waals surface area contributed by atoms with Crippen molar-refractivity contribution < 1.29 is 9.18 Å². The molecular formula is C12H12FN5OS. The Bertz CT molecular complexity index is 624. The largest absolute Gasteiger partial charge is 0.368 e. The van der Waals surface area contributed by atoms with Gasteiger partial charge in [0.2, 0.25) is 11.9 Å². The third kappa shape index (κ3) is 3.64. The number of aromatic nitrogens is 3. The molecular weight excluding hydrogens is 281 g/mol. The van der Waals surface area contributed by atoms with Crippen molar-refractivity contribution in [1.29, 1.82) is 0 Å². The molecule has 1 atom stereocenters. The van der Waals surface area contributed by atoms with Gasteiger partial charge in [-0.05, 0) is 19.1 Å². The van der Waals surface area contributed by atoms with E-state index < -0.39 is 11.1 Å². The molecule has 0 bridgehead atoms. The van der Waals surface area contributed by atoms with E-state index in [0.717, 1.165) is 11.8 Å². The zero-order valence-electron chi connectivity index (χ0n) is 10.6. The number of hydrogen-bond acceptors (Lipinski definition) is 6. The molecule has 3 N–H and O–H groups in total. The number of para-hydroxylation sites is 1. The molecule has 20 heavy (non-hydrogen) atoms. The molecule has 1 heterocycles. The molecule has 0 aliphatic heterocycles. The van der Waals surface area contributed by atoms with Crippen LogP contribution in [0, 0.1) is 5.82 Å². The highest BCUT2D eigenvalue weighted by Crippen LogP contribution is 2.21. The molecule has 0 aliphatic rings. The minimum atomic E-state index is -0.503. The van der Waals surface area contributed by atoms with E-state index in [1.807, 2.05) is 0 Å². The van der Waals surface area contributed by atoms with E-state index in [2.05, 4.69) is 20.3 Å². The summed E-state index contributed by atoms with van der Waals surface area (Å²) in [6, 6.07) is 5.96. The SMILES string of the molecule is CC(Sc1ncnc(N)n1)C(=O)Nc1ccccc1F. The molecule has 1 unspecified atom stereocenters. The first-order chi connectivity index (χ1) is 9.56. The molecule has 0 fully saturated rings. The second kappa shape index (κ2) is 6.29. The lowest BCUT2D eigenvalue weighted by Gasteiger charge is -2.11. The summed E-state index contributed by atoms with van der Waals surface area (Å²) in [6.45, 7) is 1.67. The Kier molecular flexibility index (Phi) is 4.46. The molecule has 1 aromatic heterocycles. The average molecular weight is 293 g/mol. The number of nitrogens with zero attached hydrogens (tertiary/aromatic N) is 3. The van der Waals surface area contributed by atoms with Crippen LogP contribution in [-0.2, 0) is 4.79 Å². The van der Waals surface area contributed by atoms with E-state index in [0.29, 0.717) is 5.16 Å². The van der Waals surface area contributed by atoms with E-state index in [-0.39, 0.29) is 17.5 Å². The first-order valence-electron chi connectivity index (χ1n) is 5.73. The Morgan fingerprint density at radius 3 is 2.85 bits per heavy atom. The topological polar surface area (TPSA) is 93.8 Å². The molecule has 6 nitrogen and oxygen atoms in total. The number of nitrogens with two attached hydrogens (primary N) is 1. The summed E-state index contributed by atoms with van der Waals surface area (Å²) in [4.78, 5) is 23.4. The van der Waals surface area contributed by atoms with E-state index in [4.69, 9.17) is 5.73 Å². The van der Waals surface area contributed by atoms with Gasteiger partial charge in [0, 0.05) is 0 Å². The summed E-state index contributed by atoms with van der Waals surface area (Å²) in [6.07, 6.45) is 1.27. The molecule has 8 heteroatoms. The Morgan fingerprint density at radius 1 is 1.40 bits per heavy atom. The van der Waals surface area contributed by atoms with Crippen molar-refractivity contribution in [3.8, 4) is 0 Å². The summed E-state index contributed by atoms with van der Waals surface area (Å²) in [5.74, 6) is -0.745. The van der Waals surface area contributed by atoms with Gasteiger partial charge in [0.05, 0.1) is 10.9 Å². The number of nitrogen functional groups attached to an aromatic ring is 1. The van der Waals surface area contributed by atoms with Gasteiger partial charge in [0.15, 0.2) is 5.16 Å². The van der Waals surface area contributed by atoms with Gasteiger partial charge in [-0.2, -0.15) is 4.98 Å². The van der Waals surface area contributed by atoms with Crippen LogP contribution in [-0.4, -0.2) is 26.1 Å². The number of carbonyl (C=O) groups excluding carboxylic acids is 1. The third-order valence-corrected chi connectivity index (χ3v) is 3.33. The smallest absolute Gasteiger partial charge is 0.237 e. The molecule has 104 valence electrons. The number of rotatable bonds is 4. The minimum Gasteiger partial charge on any atom is -0.368 e. The van der Waals surface area contributed by atoms with Crippen LogP contribution < -0.4 is 11.1 Å². The second-order valence-corrected chi connectivity index (χ2v) is 5.16. The standard InChI is InChI=1S/C12H12FN5OS/c1-7(20-12-16-6-15-11(14)18-12)10(19)17-9-5-3-2-4-8(9)13/h2-7H,1H3,(H,17,19)(H2,14,15,16,18). The molecule has 0 saturated heterocycles. The normalized spacial score (nSPS) is 11.9. The van der Waals surface area contributed by atoms with E-state index in [1.54, 1.807) is 19.1 Å². The monoisotopic (exact) mass is 293 g/mol. The summed E-state index contributed by atoms with van der Waals surface area (Å²) >= 11 is 1.11. The lowest BCUT2D eigenvalue weighted by molar-refractivity contribution is -0.115. The zero-order chi connectivity index (χ0) is 14.5. The van der Waals surface area contributed by atoms with Gasteiger partial charge >= 0.3 is 0 Å². The molecule has 0 spiro atoms. The summed E-state index contributed by atoms with van der Waals surface area (Å²) in [7, 11) is 0. The fraction of sp³-hybridized carbons (Fsp3) is 0.167. The molecule has 0 aliphatic carbocycles. The van der Waals surface area contributed by atoms with Crippen LogP contribution in [0.25, 0.3) is 0 Å². The van der Waals surface area contributed by atoms with Crippen molar-refractivity contribution >= 4 is 29.3 Å². The number of nitrogens with one attached hydrogen (secondary N) is 1. The highest BCUT2D eigenvalue weighted by atomic mass is 32.2. The highest BCUT2D eigenvalue weighted by Gasteiger charge is 2.17. The van der Waals surface area contributed by atoms with Gasteiger partial charge in [-0.15, -0.1) is 0 Å². The third-order valence-electron chi connectivity index (χ3n) is 2.35. The van der Waals surface area contributed by atoms with Crippen molar-refractivity contribution in [2.24, 2.45) is 0 Å². The van der Waals surface area contributed by atoms with E-state index in [9.17, 15) is 9.18 Å². The van der Waals surface area contributed by atoms with Gasteiger partial charge < -0.3 is 11.1 Å². The molecule has 1 aromatic carbocycles. The molecule has 0 radical (unpaired) electrons. The van der Waals surface area contributed by atoms with Crippen molar-refractivity contribution in [1.82, 2.24) is 15.0 Å². The van der Waals surface area contributed by atoms with Crippen molar-refractivity contribution in [3.05, 3.63) is 36.4 Å². The molecule has 0 saturated carbocycles. The maximum Gasteiger partial charge on any atom is 0.237 e. The Morgan fingerprint density at radius 2 is 2.15 bits per heavy atom. The van der Waals surface area contributed by atoms with E-state index in [1.165, 1.54) is 18.5 Å². The van der Waals surface area contributed by atoms with Crippen LogP contribution in [0.1, 0.15) is 6.92 Å².